The summed E-state index contributed by atoms with van der Waals surface area (Å²) in [7, 11) is 0. The van der Waals surface area contributed by atoms with Gasteiger partial charge in [0.25, 0.3) is 0 Å². The Labute approximate surface area is 110 Å². The third kappa shape index (κ3) is 4.06. The van der Waals surface area contributed by atoms with Crippen LogP contribution in [-0.2, 0) is 0 Å². The van der Waals surface area contributed by atoms with Gasteiger partial charge in [-0.1, -0.05) is 45.9 Å². The summed E-state index contributed by atoms with van der Waals surface area (Å²) >= 11 is 0. The summed E-state index contributed by atoms with van der Waals surface area (Å²) in [5.41, 5.74) is 0.933. The van der Waals surface area contributed by atoms with Crippen molar-refractivity contribution in [2.75, 3.05) is 5.32 Å². The highest BCUT2D eigenvalue weighted by molar-refractivity contribution is 5.89. The summed E-state index contributed by atoms with van der Waals surface area (Å²) in [6.45, 7) is 8.62. The molecule has 1 atom stereocenters. The number of nitrogens with one attached hydrogen (secondary N) is 2. The second kappa shape index (κ2) is 6.43. The van der Waals surface area contributed by atoms with E-state index in [2.05, 4.69) is 38.3 Å². The first-order valence-electron chi connectivity index (χ1n) is 6.62. The zero-order valence-corrected chi connectivity index (χ0v) is 11.8. The molecular weight excluding hydrogens is 224 g/mol. The van der Waals surface area contributed by atoms with Crippen LogP contribution in [0.15, 0.2) is 30.3 Å². The lowest BCUT2D eigenvalue weighted by molar-refractivity contribution is 0.211. The number of carbonyl (C=O) groups excluding carboxylic acids is 1. The Hall–Kier alpha value is -1.51. The van der Waals surface area contributed by atoms with Crippen LogP contribution >= 0.6 is 0 Å². The van der Waals surface area contributed by atoms with Crippen molar-refractivity contribution >= 4 is 11.7 Å². The molecule has 0 aliphatic rings. The second-order valence-electron chi connectivity index (χ2n) is 5.27. The minimum atomic E-state index is -0.130. The number of para-hydroxylation sites is 1. The van der Waals surface area contributed by atoms with Crippen LogP contribution in [0.5, 0.6) is 0 Å². The largest absolute Gasteiger partial charge is 0.335 e. The van der Waals surface area contributed by atoms with Gasteiger partial charge in [-0.3, -0.25) is 0 Å². The maximum absolute atomic E-state index is 11.9. The van der Waals surface area contributed by atoms with Crippen LogP contribution in [0.25, 0.3) is 0 Å². The van der Waals surface area contributed by atoms with Gasteiger partial charge in [0.2, 0.25) is 0 Å². The number of hydrogen-bond donors (Lipinski definition) is 2. The average Bonchev–Trinajstić information content (AvgIpc) is 2.37. The Morgan fingerprint density at radius 3 is 2.33 bits per heavy atom. The molecule has 2 N–H and O–H groups in total. The number of amides is 2. The normalized spacial score (nSPS) is 12.9. The summed E-state index contributed by atoms with van der Waals surface area (Å²) in [5, 5.41) is 5.91. The lowest BCUT2D eigenvalue weighted by Gasteiger charge is -2.33. The summed E-state index contributed by atoms with van der Waals surface area (Å²) in [6.07, 6.45) is 1.97. The molecule has 0 fully saturated rings. The highest BCUT2D eigenvalue weighted by Gasteiger charge is 2.27. The van der Waals surface area contributed by atoms with Gasteiger partial charge in [-0.15, -0.1) is 0 Å². The molecule has 18 heavy (non-hydrogen) atoms. The van der Waals surface area contributed by atoms with Crippen LogP contribution < -0.4 is 10.6 Å². The van der Waals surface area contributed by atoms with Crippen LogP contribution in [0.3, 0.4) is 0 Å². The summed E-state index contributed by atoms with van der Waals surface area (Å²) in [5.74, 6) is 0. The first-order chi connectivity index (χ1) is 8.49. The van der Waals surface area contributed by atoms with E-state index in [-0.39, 0.29) is 17.5 Å². The Bertz CT molecular complexity index is 373. The van der Waals surface area contributed by atoms with Crippen molar-refractivity contribution in [3.63, 3.8) is 0 Å². The Balaban J connectivity index is 2.58. The van der Waals surface area contributed by atoms with Gasteiger partial charge in [-0.05, 0) is 30.4 Å². The number of anilines is 1. The first kappa shape index (κ1) is 14.6. The van der Waals surface area contributed by atoms with Gasteiger partial charge >= 0.3 is 6.03 Å². The minimum absolute atomic E-state index is 0.114. The van der Waals surface area contributed by atoms with Gasteiger partial charge in [-0.2, -0.15) is 0 Å². The number of rotatable bonds is 5. The fraction of sp³-hybridized carbons (Fsp3) is 0.533. The molecule has 1 aromatic carbocycles. The van der Waals surface area contributed by atoms with Crippen molar-refractivity contribution in [3.05, 3.63) is 30.3 Å². The van der Waals surface area contributed by atoms with Crippen molar-refractivity contribution < 1.29 is 4.79 Å². The monoisotopic (exact) mass is 248 g/mol. The molecule has 0 spiro atoms. The van der Waals surface area contributed by atoms with Gasteiger partial charge in [0.15, 0.2) is 0 Å². The predicted octanol–water partition coefficient (Wildman–Crippen LogP) is 4.02. The highest BCUT2D eigenvalue weighted by atomic mass is 16.2. The van der Waals surface area contributed by atoms with Crippen LogP contribution in [0.2, 0.25) is 0 Å². The maximum Gasteiger partial charge on any atom is 0.319 e. The smallest absolute Gasteiger partial charge is 0.319 e. The van der Waals surface area contributed by atoms with E-state index in [1.807, 2.05) is 30.3 Å². The fourth-order valence-corrected chi connectivity index (χ4v) is 1.94. The molecule has 0 saturated carbocycles. The van der Waals surface area contributed by atoms with E-state index in [1.54, 1.807) is 0 Å². The highest BCUT2D eigenvalue weighted by Crippen LogP contribution is 2.26. The number of carbonyl (C=O) groups is 1. The standard InChI is InChI=1S/C15H24N2O/c1-5-13(15(3,4)6-2)17-14(18)16-12-10-8-7-9-11-12/h7-11,13H,5-6H2,1-4H3,(H2,16,17,18). The molecule has 1 unspecified atom stereocenters. The topological polar surface area (TPSA) is 41.1 Å². The lowest BCUT2D eigenvalue weighted by Crippen LogP contribution is -2.46. The summed E-state index contributed by atoms with van der Waals surface area (Å²) in [4.78, 5) is 11.9. The van der Waals surface area contributed by atoms with Gasteiger partial charge in [0.1, 0.15) is 0 Å². The summed E-state index contributed by atoms with van der Waals surface area (Å²) < 4.78 is 0. The molecule has 0 radical (unpaired) electrons. The zero-order valence-electron chi connectivity index (χ0n) is 11.8. The van der Waals surface area contributed by atoms with Crippen molar-refractivity contribution in [2.24, 2.45) is 5.41 Å². The molecule has 3 nitrogen and oxygen atoms in total. The molecule has 0 aromatic heterocycles. The van der Waals surface area contributed by atoms with Gasteiger partial charge < -0.3 is 10.6 Å². The van der Waals surface area contributed by atoms with Crippen LogP contribution in [-0.4, -0.2) is 12.1 Å². The van der Waals surface area contributed by atoms with E-state index in [1.165, 1.54) is 0 Å². The van der Waals surface area contributed by atoms with E-state index in [9.17, 15) is 4.79 Å². The molecule has 2 amide bonds. The van der Waals surface area contributed by atoms with Crippen LogP contribution in [0, 0.1) is 5.41 Å². The van der Waals surface area contributed by atoms with E-state index >= 15 is 0 Å². The van der Waals surface area contributed by atoms with Crippen molar-refractivity contribution in [1.29, 1.82) is 0 Å². The molecular formula is C15H24N2O. The van der Waals surface area contributed by atoms with E-state index < -0.39 is 0 Å². The van der Waals surface area contributed by atoms with E-state index in [0.717, 1.165) is 18.5 Å². The van der Waals surface area contributed by atoms with Crippen molar-refractivity contribution in [3.8, 4) is 0 Å². The molecule has 1 aromatic rings. The van der Waals surface area contributed by atoms with E-state index in [4.69, 9.17) is 0 Å². The third-order valence-electron chi connectivity index (χ3n) is 3.60. The number of benzene rings is 1. The molecule has 100 valence electrons. The van der Waals surface area contributed by atoms with Gasteiger partial charge in [-0.25, -0.2) is 4.79 Å². The molecule has 0 bridgehead atoms. The molecule has 3 heteroatoms. The van der Waals surface area contributed by atoms with Crippen LogP contribution in [0.4, 0.5) is 10.5 Å². The number of urea groups is 1. The zero-order chi connectivity index (χ0) is 13.6. The molecule has 0 aliphatic heterocycles. The molecule has 0 aliphatic carbocycles. The lowest BCUT2D eigenvalue weighted by atomic mass is 9.80. The average molecular weight is 248 g/mol. The van der Waals surface area contributed by atoms with Crippen LogP contribution in [0.1, 0.15) is 40.5 Å². The molecule has 0 saturated heterocycles. The molecule has 0 heterocycles. The summed E-state index contributed by atoms with van der Waals surface area (Å²) in [6, 6.07) is 9.56. The SMILES string of the molecule is CCC(NC(=O)Nc1ccccc1)C(C)(C)CC. The quantitative estimate of drug-likeness (QED) is 0.811. The van der Waals surface area contributed by atoms with E-state index in [0.29, 0.717) is 0 Å². The maximum atomic E-state index is 11.9. The van der Waals surface area contributed by atoms with Gasteiger partial charge in [0.05, 0.1) is 0 Å². The first-order valence-corrected chi connectivity index (χ1v) is 6.62. The van der Waals surface area contributed by atoms with Crippen molar-refractivity contribution in [2.45, 2.75) is 46.6 Å². The number of hydrogen-bond acceptors (Lipinski definition) is 1. The minimum Gasteiger partial charge on any atom is -0.335 e. The fourth-order valence-electron chi connectivity index (χ4n) is 1.94. The predicted molar refractivity (Wildman–Crippen MR) is 76.7 cm³/mol. The Morgan fingerprint density at radius 2 is 1.83 bits per heavy atom. The Kier molecular flexibility index (Phi) is 5.20. The van der Waals surface area contributed by atoms with Gasteiger partial charge in [0, 0.05) is 11.7 Å². The molecule has 1 rings (SSSR count). The third-order valence-corrected chi connectivity index (χ3v) is 3.60. The van der Waals surface area contributed by atoms with Crippen molar-refractivity contribution in [1.82, 2.24) is 5.32 Å². The Morgan fingerprint density at radius 1 is 1.22 bits per heavy atom. The second-order valence-corrected chi connectivity index (χ2v) is 5.27.